The van der Waals surface area contributed by atoms with Gasteiger partial charge in [-0.15, -0.1) is 0 Å². The van der Waals surface area contributed by atoms with Gasteiger partial charge in [-0.05, 0) is 18.2 Å². The second-order valence-electron chi connectivity index (χ2n) is 4.06. The molecule has 2 aromatic carbocycles. The van der Waals surface area contributed by atoms with E-state index < -0.39 is 5.97 Å². The lowest BCUT2D eigenvalue weighted by Crippen LogP contribution is -2.01. The van der Waals surface area contributed by atoms with E-state index in [4.69, 9.17) is 4.74 Å². The van der Waals surface area contributed by atoms with E-state index in [0.29, 0.717) is 22.3 Å². The number of ether oxygens (including phenoxy) is 1. The van der Waals surface area contributed by atoms with Gasteiger partial charge < -0.3 is 9.84 Å². The molecule has 1 heterocycles. The van der Waals surface area contributed by atoms with Gasteiger partial charge in [0.2, 0.25) is 0 Å². The highest BCUT2D eigenvalue weighted by atomic mass is 16.5. The molecule has 0 radical (unpaired) electrons. The van der Waals surface area contributed by atoms with Gasteiger partial charge in [0.15, 0.2) is 0 Å². The molecule has 1 N–H and O–H groups in total. The number of hydrogen-bond acceptors (Lipinski definition) is 4. The van der Waals surface area contributed by atoms with Crippen molar-refractivity contribution < 1.29 is 14.6 Å². The van der Waals surface area contributed by atoms with Crippen LogP contribution in [0.15, 0.2) is 36.4 Å². The number of rotatable bonds is 2. The number of fused-ring (bicyclic) bond motifs is 2. The van der Waals surface area contributed by atoms with E-state index >= 15 is 0 Å². The van der Waals surface area contributed by atoms with Crippen LogP contribution in [0.5, 0.6) is 5.75 Å². The molecule has 0 unspecified atom stereocenters. The highest BCUT2D eigenvalue weighted by molar-refractivity contribution is 6.03. The molecule has 1 aromatic heterocycles. The molecule has 0 aliphatic carbocycles. The number of hydrogen-bond donors (Lipinski definition) is 1. The molecule has 5 heteroatoms. The van der Waals surface area contributed by atoms with E-state index in [9.17, 15) is 9.90 Å². The van der Waals surface area contributed by atoms with Crippen molar-refractivity contribution in [2.24, 2.45) is 0 Å². The smallest absolute Gasteiger partial charge is 0.338 e. The van der Waals surface area contributed by atoms with Crippen LogP contribution in [0.25, 0.3) is 22.1 Å². The number of aromatic carboxylic acids is 1. The number of benzene rings is 2. The van der Waals surface area contributed by atoms with Crippen molar-refractivity contribution in [2.75, 3.05) is 7.11 Å². The predicted octanol–water partition coefficient (Wildman–Crippen LogP) is 2.49. The SMILES string of the molecule is COc1cc(C(=O)O)c2nc3ccccc3nc2c1. The molecule has 0 aliphatic heterocycles. The first-order valence-corrected chi connectivity index (χ1v) is 5.67. The van der Waals surface area contributed by atoms with E-state index in [2.05, 4.69) is 9.97 Å². The molecule has 0 atom stereocenters. The minimum atomic E-state index is -1.05. The fourth-order valence-corrected chi connectivity index (χ4v) is 1.98. The van der Waals surface area contributed by atoms with Gasteiger partial charge in [0.25, 0.3) is 0 Å². The maximum atomic E-state index is 11.3. The maximum Gasteiger partial charge on any atom is 0.338 e. The van der Waals surface area contributed by atoms with Gasteiger partial charge in [0.05, 0.1) is 29.2 Å². The summed E-state index contributed by atoms with van der Waals surface area (Å²) in [4.78, 5) is 20.1. The van der Waals surface area contributed by atoms with Gasteiger partial charge in [-0.3, -0.25) is 0 Å². The third-order valence-corrected chi connectivity index (χ3v) is 2.88. The first-order valence-electron chi connectivity index (χ1n) is 5.67. The Bertz CT molecular complexity index is 799. The summed E-state index contributed by atoms with van der Waals surface area (Å²) in [6, 6.07) is 10.5. The number of carbonyl (C=O) groups is 1. The largest absolute Gasteiger partial charge is 0.497 e. The zero-order valence-corrected chi connectivity index (χ0v) is 10.1. The monoisotopic (exact) mass is 254 g/mol. The van der Waals surface area contributed by atoms with Gasteiger partial charge in [-0.1, -0.05) is 12.1 Å². The third-order valence-electron chi connectivity index (χ3n) is 2.88. The summed E-state index contributed by atoms with van der Waals surface area (Å²) >= 11 is 0. The van der Waals surface area contributed by atoms with Gasteiger partial charge >= 0.3 is 5.97 Å². The van der Waals surface area contributed by atoms with E-state index in [-0.39, 0.29) is 5.56 Å². The van der Waals surface area contributed by atoms with Crippen LogP contribution in [-0.2, 0) is 0 Å². The lowest BCUT2D eigenvalue weighted by Gasteiger charge is -2.06. The van der Waals surface area contributed by atoms with Crippen molar-refractivity contribution in [3.05, 3.63) is 42.0 Å². The Morgan fingerprint density at radius 1 is 1.11 bits per heavy atom. The van der Waals surface area contributed by atoms with E-state index in [0.717, 1.165) is 5.52 Å². The fourth-order valence-electron chi connectivity index (χ4n) is 1.98. The van der Waals surface area contributed by atoms with Gasteiger partial charge in [-0.2, -0.15) is 0 Å². The molecule has 0 spiro atoms. The first-order chi connectivity index (χ1) is 9.19. The van der Waals surface area contributed by atoms with Crippen LogP contribution in [0.1, 0.15) is 10.4 Å². The quantitative estimate of drug-likeness (QED) is 0.711. The van der Waals surface area contributed by atoms with Crippen molar-refractivity contribution in [2.45, 2.75) is 0 Å². The van der Waals surface area contributed by atoms with E-state index in [1.807, 2.05) is 18.2 Å². The fraction of sp³-hybridized carbons (Fsp3) is 0.0714. The van der Waals surface area contributed by atoms with Crippen molar-refractivity contribution in [3.63, 3.8) is 0 Å². The Morgan fingerprint density at radius 2 is 1.79 bits per heavy atom. The summed E-state index contributed by atoms with van der Waals surface area (Å²) in [5.74, 6) is -0.594. The van der Waals surface area contributed by atoms with Crippen molar-refractivity contribution in [1.29, 1.82) is 0 Å². The lowest BCUT2D eigenvalue weighted by atomic mass is 10.1. The number of methoxy groups -OCH3 is 1. The highest BCUT2D eigenvalue weighted by Crippen LogP contribution is 2.24. The Labute approximate surface area is 108 Å². The molecule has 0 saturated heterocycles. The number of carboxylic acids is 1. The molecule has 0 amide bonds. The molecule has 0 saturated carbocycles. The van der Waals surface area contributed by atoms with Crippen LogP contribution in [0.2, 0.25) is 0 Å². The minimum absolute atomic E-state index is 0.0904. The first kappa shape index (κ1) is 11.4. The maximum absolute atomic E-state index is 11.3. The van der Waals surface area contributed by atoms with Gasteiger partial charge in [0.1, 0.15) is 11.3 Å². The van der Waals surface area contributed by atoms with Crippen LogP contribution >= 0.6 is 0 Å². The molecule has 0 aliphatic rings. The second kappa shape index (κ2) is 4.20. The Kier molecular flexibility index (Phi) is 2.52. The molecular formula is C14H10N2O3. The topological polar surface area (TPSA) is 72.3 Å². The molecule has 0 fully saturated rings. The van der Waals surface area contributed by atoms with Crippen LogP contribution in [0.3, 0.4) is 0 Å². The molecule has 94 valence electrons. The average molecular weight is 254 g/mol. The summed E-state index contributed by atoms with van der Waals surface area (Å²) in [5, 5.41) is 9.25. The van der Waals surface area contributed by atoms with Crippen LogP contribution in [-0.4, -0.2) is 28.2 Å². The molecule has 3 rings (SSSR count). The zero-order chi connectivity index (χ0) is 13.4. The average Bonchev–Trinajstić information content (AvgIpc) is 2.43. The van der Waals surface area contributed by atoms with Crippen LogP contribution in [0, 0.1) is 0 Å². The number of nitrogens with zero attached hydrogens (tertiary/aromatic N) is 2. The van der Waals surface area contributed by atoms with E-state index in [1.54, 1.807) is 12.1 Å². The van der Waals surface area contributed by atoms with Crippen molar-refractivity contribution >= 4 is 28.0 Å². The summed E-state index contributed by atoms with van der Waals surface area (Å²) in [5.41, 5.74) is 2.36. The van der Waals surface area contributed by atoms with E-state index in [1.165, 1.54) is 13.2 Å². The van der Waals surface area contributed by atoms with Crippen molar-refractivity contribution in [3.8, 4) is 5.75 Å². The zero-order valence-electron chi connectivity index (χ0n) is 10.1. The standard InChI is InChI=1S/C14H10N2O3/c1-19-8-6-9(14(17)18)13-12(7-8)15-10-4-2-3-5-11(10)16-13/h2-7H,1H3,(H,17,18). The highest BCUT2D eigenvalue weighted by Gasteiger charge is 2.14. The number of para-hydroxylation sites is 2. The third kappa shape index (κ3) is 1.85. The number of carboxylic acid groups (broad SMARTS) is 1. The molecule has 3 aromatic rings. The number of aromatic nitrogens is 2. The van der Waals surface area contributed by atoms with Gasteiger partial charge in [-0.25, -0.2) is 14.8 Å². The summed E-state index contributed by atoms with van der Waals surface area (Å²) in [6.45, 7) is 0. The summed E-state index contributed by atoms with van der Waals surface area (Å²) in [7, 11) is 1.49. The normalized spacial score (nSPS) is 10.8. The predicted molar refractivity (Wildman–Crippen MR) is 70.6 cm³/mol. The Balaban J connectivity index is 2.45. The second-order valence-corrected chi connectivity index (χ2v) is 4.06. The van der Waals surface area contributed by atoms with Gasteiger partial charge in [0, 0.05) is 6.07 Å². The van der Waals surface area contributed by atoms with Crippen LogP contribution < -0.4 is 4.74 Å². The molecule has 5 nitrogen and oxygen atoms in total. The lowest BCUT2D eigenvalue weighted by molar-refractivity contribution is 0.0698. The van der Waals surface area contributed by atoms with Crippen LogP contribution in [0.4, 0.5) is 0 Å². The molecule has 0 bridgehead atoms. The summed E-state index contributed by atoms with van der Waals surface area (Å²) in [6.07, 6.45) is 0. The summed E-state index contributed by atoms with van der Waals surface area (Å²) < 4.78 is 5.09. The minimum Gasteiger partial charge on any atom is -0.497 e. The van der Waals surface area contributed by atoms with Crippen molar-refractivity contribution in [1.82, 2.24) is 9.97 Å². The Morgan fingerprint density at radius 3 is 2.42 bits per heavy atom. The molecule has 19 heavy (non-hydrogen) atoms. The Hall–Kier alpha value is -2.69. The molecular weight excluding hydrogens is 244 g/mol.